The molecule has 0 aliphatic carbocycles. The van der Waals surface area contributed by atoms with Gasteiger partial charge in [-0.15, -0.1) is 0 Å². The van der Waals surface area contributed by atoms with Crippen molar-refractivity contribution in [2.75, 3.05) is 0 Å². The van der Waals surface area contributed by atoms with E-state index in [2.05, 4.69) is 0 Å². The quantitative estimate of drug-likeness (QED) is 0.482. The Balaban J connectivity index is -0.0000000685. The second kappa shape index (κ2) is 23.9. The summed E-state index contributed by atoms with van der Waals surface area (Å²) in [5, 5.41) is 17.7. The van der Waals surface area contributed by atoms with E-state index in [9.17, 15) is 27.6 Å². The Morgan fingerprint density at radius 3 is 1.36 bits per heavy atom. The van der Waals surface area contributed by atoms with Crippen LogP contribution in [0.4, 0.5) is 13.2 Å². The van der Waals surface area contributed by atoms with Crippen LogP contribution in [-0.2, 0) is 33.6 Å². The molecule has 0 heterocycles. The zero-order valence-corrected chi connectivity index (χ0v) is 13.5. The van der Waals surface area contributed by atoms with Gasteiger partial charge in [-0.3, -0.25) is 9.59 Å². The number of hydrogen-bond donors (Lipinski definition) is 4. The molecule has 0 fully saturated rings. The Morgan fingerprint density at radius 1 is 0.929 bits per heavy atom. The van der Waals surface area contributed by atoms with Crippen molar-refractivity contribution in [2.24, 2.45) is 5.73 Å². The highest BCUT2D eigenvalue weighted by atomic mass is 19.4. The lowest BCUT2D eigenvalue weighted by Crippen LogP contribution is -2.46. The number of carboxylic acids is 2. The molecule has 0 bridgehead atoms. The molecule has 5 N–H and O–H groups in total. The van der Waals surface area contributed by atoms with Gasteiger partial charge in [0.2, 0.25) is 0 Å². The molecule has 0 aromatic carbocycles. The number of carbonyl (C=O) groups is 3. The molecule has 14 heteroatoms. The van der Waals surface area contributed by atoms with Crippen LogP contribution in [-0.4, -0.2) is 58.6 Å². The van der Waals surface area contributed by atoms with E-state index in [1.807, 2.05) is 0 Å². The van der Waals surface area contributed by atoms with Crippen LogP contribution >= 0.6 is 0 Å². The molecular formula is C14H25F3N2O9. The Morgan fingerprint density at radius 2 is 1.25 bits per heavy atom. The molecule has 0 saturated carbocycles. The molecule has 0 unspecified atom stereocenters. The molecule has 0 aromatic heterocycles. The van der Waals surface area contributed by atoms with Crippen LogP contribution in [0.15, 0.2) is 0 Å². The zero-order chi connectivity index (χ0) is 21.9. The molecular weight excluding hydrogens is 397 g/mol. The highest BCUT2D eigenvalue weighted by Gasteiger charge is 2.40. The van der Waals surface area contributed by atoms with Gasteiger partial charge in [0.1, 0.15) is 12.1 Å². The third-order valence-corrected chi connectivity index (χ3v) is 2.03. The summed E-state index contributed by atoms with van der Waals surface area (Å²) in [7, 11) is 0. The summed E-state index contributed by atoms with van der Waals surface area (Å²) < 4.78 is 34.8. The molecule has 166 valence electrons. The number of nitrogens with one attached hydrogen (secondary N) is 1. The fraction of sp³-hybridized carbons (Fsp3) is 0.643. The lowest BCUT2D eigenvalue weighted by atomic mass is 10.2. The van der Waals surface area contributed by atoms with E-state index in [-0.39, 0.29) is 33.6 Å². The predicted molar refractivity (Wildman–Crippen MR) is 85.3 cm³/mol. The van der Waals surface area contributed by atoms with Gasteiger partial charge in [0.15, 0.2) is 0 Å². The molecule has 2 atom stereocenters. The first-order valence-corrected chi connectivity index (χ1v) is 6.37. The van der Waals surface area contributed by atoms with Crippen LogP contribution in [0.5, 0.6) is 0 Å². The van der Waals surface area contributed by atoms with Crippen LogP contribution in [0.25, 0.3) is 0 Å². The van der Waals surface area contributed by atoms with Crippen molar-refractivity contribution in [1.29, 1.82) is 0 Å². The van der Waals surface area contributed by atoms with Crippen molar-refractivity contribution in [3.8, 4) is 0 Å². The first-order chi connectivity index (χ1) is 11.8. The lowest BCUT2D eigenvalue weighted by Gasteiger charge is -2.13. The van der Waals surface area contributed by atoms with Crippen LogP contribution in [0.3, 0.4) is 0 Å². The molecule has 0 spiro atoms. The third-order valence-electron chi connectivity index (χ3n) is 2.03. The van der Waals surface area contributed by atoms with Crippen LogP contribution in [0, 0.1) is 0 Å². The van der Waals surface area contributed by atoms with E-state index in [1.165, 1.54) is 12.2 Å². The fourth-order valence-corrected chi connectivity index (χ4v) is 0.753. The van der Waals surface area contributed by atoms with E-state index in [0.29, 0.717) is 6.42 Å². The SMILES string of the molecule is C.C.CC[C@H](N)C(=O)O.CC[C@H](NC(=O)C(F)(F)F)C(=O)O.O=C=O.O=C=O. The maximum Gasteiger partial charge on any atom is 0.471 e. The van der Waals surface area contributed by atoms with Gasteiger partial charge in [0.05, 0.1) is 0 Å². The number of aliphatic carboxylic acids is 2. The average Bonchev–Trinajstić information content (AvgIpc) is 2.52. The molecule has 11 nitrogen and oxygen atoms in total. The molecule has 0 rings (SSSR count). The van der Waals surface area contributed by atoms with E-state index in [4.69, 9.17) is 35.1 Å². The highest BCUT2D eigenvalue weighted by Crippen LogP contribution is 2.14. The number of carbonyl (C=O) groups excluding carboxylic acids is 5. The van der Waals surface area contributed by atoms with Crippen LogP contribution in [0.1, 0.15) is 41.5 Å². The van der Waals surface area contributed by atoms with Gasteiger partial charge in [-0.1, -0.05) is 28.7 Å². The number of carboxylic acid groups (broad SMARTS) is 2. The smallest absolute Gasteiger partial charge is 0.471 e. The minimum Gasteiger partial charge on any atom is -0.480 e. The lowest BCUT2D eigenvalue weighted by molar-refractivity contribution is -0.193. The Hall–Kier alpha value is -3.08. The average molecular weight is 422 g/mol. The standard InChI is InChI=1S/C6H8F3NO3.C4H9NO2.2CO2.2CH4/c1-2-3(4(11)12)10-5(13)6(7,8)9;1-2-3(5)4(6)7;2*2-1-3;;/h3H,2H2,1H3,(H,10,13)(H,11,12);3H,2,5H2,1H3,(H,6,7);;;2*1H4/t2*3-;;;;/m00..../s1. The number of amides is 1. The maximum absolute atomic E-state index is 11.6. The van der Waals surface area contributed by atoms with Crippen molar-refractivity contribution < 1.29 is 56.9 Å². The largest absolute Gasteiger partial charge is 0.480 e. The maximum atomic E-state index is 11.6. The van der Waals surface area contributed by atoms with Gasteiger partial charge < -0.3 is 21.3 Å². The molecule has 28 heavy (non-hydrogen) atoms. The summed E-state index contributed by atoms with van der Waals surface area (Å²) in [4.78, 5) is 62.8. The fourth-order valence-electron chi connectivity index (χ4n) is 0.753. The van der Waals surface area contributed by atoms with Gasteiger partial charge in [-0.2, -0.15) is 32.3 Å². The summed E-state index contributed by atoms with van der Waals surface area (Å²) in [5.41, 5.74) is 5.02. The summed E-state index contributed by atoms with van der Waals surface area (Å²) in [6, 6.07) is -2.17. The normalized spacial score (nSPS) is 10.2. The van der Waals surface area contributed by atoms with Gasteiger partial charge in [0.25, 0.3) is 0 Å². The van der Waals surface area contributed by atoms with Gasteiger partial charge in [-0.25, -0.2) is 4.79 Å². The van der Waals surface area contributed by atoms with E-state index in [1.54, 1.807) is 6.92 Å². The summed E-state index contributed by atoms with van der Waals surface area (Å²) >= 11 is 0. The van der Waals surface area contributed by atoms with E-state index in [0.717, 1.165) is 0 Å². The summed E-state index contributed by atoms with van der Waals surface area (Å²) in [5.74, 6) is -4.65. The van der Waals surface area contributed by atoms with Gasteiger partial charge in [-0.05, 0) is 12.8 Å². The van der Waals surface area contributed by atoms with Crippen molar-refractivity contribution >= 4 is 30.1 Å². The molecule has 0 saturated heterocycles. The monoisotopic (exact) mass is 422 g/mol. The Kier molecular flexibility index (Phi) is 34.0. The molecule has 0 radical (unpaired) electrons. The second-order valence-electron chi connectivity index (χ2n) is 3.79. The first-order valence-electron chi connectivity index (χ1n) is 6.37. The predicted octanol–water partition coefficient (Wildman–Crippen LogP) is 0.442. The topological polar surface area (TPSA) is 198 Å². The number of nitrogens with two attached hydrogens (primary N) is 1. The summed E-state index contributed by atoms with van der Waals surface area (Å²) in [6.45, 7) is 3.09. The third kappa shape index (κ3) is 30.8. The van der Waals surface area contributed by atoms with E-state index >= 15 is 0 Å². The van der Waals surface area contributed by atoms with Crippen LogP contribution < -0.4 is 11.1 Å². The second-order valence-corrected chi connectivity index (χ2v) is 3.79. The van der Waals surface area contributed by atoms with Crippen molar-refractivity contribution in [1.82, 2.24) is 5.32 Å². The molecule has 0 aliphatic rings. The first kappa shape index (κ1) is 39.8. The molecule has 0 aliphatic heterocycles. The Labute approximate surface area is 159 Å². The van der Waals surface area contributed by atoms with Gasteiger partial charge in [0, 0.05) is 0 Å². The molecule has 1 amide bonds. The number of halogens is 3. The number of alkyl halides is 3. The van der Waals surface area contributed by atoms with Crippen LogP contribution in [0.2, 0.25) is 0 Å². The van der Waals surface area contributed by atoms with Crippen molar-refractivity contribution in [3.63, 3.8) is 0 Å². The summed E-state index contributed by atoms with van der Waals surface area (Å²) in [6.07, 6.45) is -4.14. The van der Waals surface area contributed by atoms with Gasteiger partial charge >= 0.3 is 36.3 Å². The highest BCUT2D eigenvalue weighted by molar-refractivity contribution is 5.86. The minimum absolute atomic E-state index is 0. The van der Waals surface area contributed by atoms with Crippen molar-refractivity contribution in [2.45, 2.75) is 59.8 Å². The zero-order valence-electron chi connectivity index (χ0n) is 13.5. The van der Waals surface area contributed by atoms with Crippen molar-refractivity contribution in [3.05, 3.63) is 0 Å². The molecule has 0 aromatic rings. The minimum atomic E-state index is -5.04. The van der Waals surface area contributed by atoms with E-state index < -0.39 is 36.1 Å². The number of hydrogen-bond acceptors (Lipinski definition) is 8. The number of rotatable bonds is 5. The Bertz CT molecular complexity index is 487.